The lowest BCUT2D eigenvalue weighted by atomic mass is 10.1. The zero-order valence-electron chi connectivity index (χ0n) is 17.9. The first-order valence-corrected chi connectivity index (χ1v) is 11.6. The number of aliphatic hydroxyl groups excluding tert-OH is 1. The van der Waals surface area contributed by atoms with Gasteiger partial charge in [0.15, 0.2) is 5.16 Å². The smallest absolute Gasteiger partial charge is 0.262 e. The van der Waals surface area contributed by atoms with Crippen LogP contribution in [-0.2, 0) is 11.3 Å². The Balaban J connectivity index is 1.63. The summed E-state index contributed by atoms with van der Waals surface area (Å²) in [4.78, 5) is 32.6. The van der Waals surface area contributed by atoms with Gasteiger partial charge in [-0.1, -0.05) is 60.3 Å². The Hall–Kier alpha value is -3.16. The standard InChI is InChI=1S/C25H25N3O3S/c1-2-27(22-14-7-10-18-9-3-4-11-19(18)22)23(30)17-32-25-26-21-13-6-5-12-20(21)24(31)28(25)15-8-16-29/h3-7,9-14,29H,2,8,15-17H2,1H3. The molecule has 6 nitrogen and oxygen atoms in total. The van der Waals surface area contributed by atoms with E-state index in [2.05, 4.69) is 4.98 Å². The minimum Gasteiger partial charge on any atom is -0.396 e. The third-order valence-corrected chi connectivity index (χ3v) is 6.33. The first-order chi connectivity index (χ1) is 15.6. The monoisotopic (exact) mass is 447 g/mol. The van der Waals surface area contributed by atoms with Crippen molar-refractivity contribution in [3.63, 3.8) is 0 Å². The molecule has 1 heterocycles. The van der Waals surface area contributed by atoms with E-state index in [0.29, 0.717) is 35.6 Å². The van der Waals surface area contributed by atoms with E-state index in [1.165, 1.54) is 11.8 Å². The topological polar surface area (TPSA) is 75.4 Å². The van der Waals surface area contributed by atoms with E-state index in [0.717, 1.165) is 16.5 Å². The summed E-state index contributed by atoms with van der Waals surface area (Å²) in [5, 5.41) is 12.4. The summed E-state index contributed by atoms with van der Waals surface area (Å²) in [6.07, 6.45) is 0.443. The first-order valence-electron chi connectivity index (χ1n) is 10.7. The van der Waals surface area contributed by atoms with Gasteiger partial charge in [0, 0.05) is 25.1 Å². The predicted octanol–water partition coefficient (Wildman–Crippen LogP) is 4.08. The number of hydrogen-bond acceptors (Lipinski definition) is 5. The van der Waals surface area contributed by atoms with Crippen molar-refractivity contribution in [1.29, 1.82) is 0 Å². The van der Waals surface area contributed by atoms with Crippen LogP contribution in [0.2, 0.25) is 0 Å². The fourth-order valence-corrected chi connectivity index (χ4v) is 4.71. The molecule has 0 spiro atoms. The van der Waals surface area contributed by atoms with Crippen LogP contribution in [0.5, 0.6) is 0 Å². The Morgan fingerprint density at radius 2 is 1.75 bits per heavy atom. The highest BCUT2D eigenvalue weighted by atomic mass is 32.2. The number of para-hydroxylation sites is 1. The quantitative estimate of drug-likeness (QED) is 0.325. The lowest BCUT2D eigenvalue weighted by Crippen LogP contribution is -2.32. The Morgan fingerprint density at radius 3 is 2.53 bits per heavy atom. The molecule has 1 amide bonds. The number of thioether (sulfide) groups is 1. The summed E-state index contributed by atoms with van der Waals surface area (Å²) in [6.45, 7) is 2.82. The first kappa shape index (κ1) is 22.0. The van der Waals surface area contributed by atoms with Crippen molar-refractivity contribution in [3.8, 4) is 0 Å². The molecule has 1 aromatic heterocycles. The normalized spacial score (nSPS) is 11.2. The number of carbonyl (C=O) groups is 1. The van der Waals surface area contributed by atoms with Crippen LogP contribution in [0.1, 0.15) is 13.3 Å². The summed E-state index contributed by atoms with van der Waals surface area (Å²) < 4.78 is 1.56. The molecular formula is C25H25N3O3S. The van der Waals surface area contributed by atoms with Gasteiger partial charge in [-0.2, -0.15) is 0 Å². The van der Waals surface area contributed by atoms with Gasteiger partial charge in [-0.05, 0) is 36.9 Å². The van der Waals surface area contributed by atoms with Gasteiger partial charge in [-0.25, -0.2) is 4.98 Å². The van der Waals surface area contributed by atoms with Crippen molar-refractivity contribution < 1.29 is 9.90 Å². The molecule has 0 aliphatic carbocycles. The molecule has 4 aromatic rings. The second kappa shape index (κ2) is 9.97. The number of nitrogens with zero attached hydrogens (tertiary/aromatic N) is 3. The van der Waals surface area contributed by atoms with E-state index in [1.54, 1.807) is 27.7 Å². The Bertz CT molecular complexity index is 1310. The number of carbonyl (C=O) groups excluding carboxylic acids is 1. The third kappa shape index (κ3) is 4.40. The van der Waals surface area contributed by atoms with E-state index in [4.69, 9.17) is 0 Å². The molecule has 0 aliphatic heterocycles. The number of hydrogen-bond donors (Lipinski definition) is 1. The van der Waals surface area contributed by atoms with Crippen LogP contribution in [0.25, 0.3) is 21.7 Å². The number of amides is 1. The average molecular weight is 448 g/mol. The molecule has 0 bridgehead atoms. The molecule has 0 fully saturated rings. The summed E-state index contributed by atoms with van der Waals surface area (Å²) in [5.41, 5.74) is 1.33. The maximum absolute atomic E-state index is 13.2. The van der Waals surface area contributed by atoms with Crippen molar-refractivity contribution in [2.75, 3.05) is 23.8 Å². The van der Waals surface area contributed by atoms with Gasteiger partial charge in [0.25, 0.3) is 5.56 Å². The average Bonchev–Trinajstić information content (AvgIpc) is 2.83. The summed E-state index contributed by atoms with van der Waals surface area (Å²) in [5.74, 6) is 0.103. The van der Waals surface area contributed by atoms with Gasteiger partial charge < -0.3 is 10.0 Å². The van der Waals surface area contributed by atoms with Gasteiger partial charge in [-0.3, -0.25) is 14.2 Å². The predicted molar refractivity (Wildman–Crippen MR) is 130 cm³/mol. The van der Waals surface area contributed by atoms with Crippen LogP contribution in [0.4, 0.5) is 5.69 Å². The highest BCUT2D eigenvalue weighted by Gasteiger charge is 2.19. The highest BCUT2D eigenvalue weighted by molar-refractivity contribution is 7.99. The van der Waals surface area contributed by atoms with Crippen molar-refractivity contribution in [3.05, 3.63) is 77.1 Å². The van der Waals surface area contributed by atoms with E-state index < -0.39 is 0 Å². The minimum absolute atomic E-state index is 0.0208. The van der Waals surface area contributed by atoms with Gasteiger partial charge in [0.05, 0.1) is 22.3 Å². The fraction of sp³-hybridized carbons (Fsp3) is 0.240. The molecular weight excluding hydrogens is 422 g/mol. The third-order valence-electron chi connectivity index (χ3n) is 5.37. The molecule has 1 N–H and O–H groups in total. The number of rotatable bonds is 8. The van der Waals surface area contributed by atoms with Gasteiger partial charge in [0.1, 0.15) is 0 Å². The molecule has 0 saturated carbocycles. The SMILES string of the molecule is CCN(C(=O)CSc1nc2ccccc2c(=O)n1CCCO)c1cccc2ccccc12. The second-order valence-corrected chi connectivity index (χ2v) is 8.31. The lowest BCUT2D eigenvalue weighted by molar-refractivity contribution is -0.116. The van der Waals surface area contributed by atoms with Crippen LogP contribution >= 0.6 is 11.8 Å². The summed E-state index contributed by atoms with van der Waals surface area (Å²) in [7, 11) is 0. The molecule has 164 valence electrons. The number of anilines is 1. The Morgan fingerprint density at radius 1 is 1.03 bits per heavy atom. The second-order valence-electron chi connectivity index (χ2n) is 7.37. The zero-order valence-corrected chi connectivity index (χ0v) is 18.7. The van der Waals surface area contributed by atoms with Crippen molar-refractivity contribution in [2.24, 2.45) is 0 Å². The van der Waals surface area contributed by atoms with Gasteiger partial charge in [-0.15, -0.1) is 0 Å². The van der Waals surface area contributed by atoms with Crippen molar-refractivity contribution >= 4 is 45.0 Å². The summed E-state index contributed by atoms with van der Waals surface area (Å²) >= 11 is 1.26. The van der Waals surface area contributed by atoms with Crippen molar-refractivity contribution in [1.82, 2.24) is 9.55 Å². The van der Waals surface area contributed by atoms with Crippen LogP contribution in [0.3, 0.4) is 0 Å². The fourth-order valence-electron chi connectivity index (χ4n) is 3.81. The van der Waals surface area contributed by atoms with E-state index in [9.17, 15) is 14.7 Å². The van der Waals surface area contributed by atoms with Crippen LogP contribution in [-0.4, -0.2) is 39.5 Å². The van der Waals surface area contributed by atoms with E-state index >= 15 is 0 Å². The Labute approximate surface area is 190 Å². The molecule has 0 aliphatic rings. The van der Waals surface area contributed by atoms with Gasteiger partial charge in [0.2, 0.25) is 5.91 Å². The lowest BCUT2D eigenvalue weighted by Gasteiger charge is -2.23. The number of benzene rings is 3. The Kier molecular flexibility index (Phi) is 6.87. The molecule has 0 unspecified atom stereocenters. The number of aliphatic hydroxyl groups is 1. The maximum atomic E-state index is 13.2. The zero-order chi connectivity index (χ0) is 22.5. The molecule has 4 rings (SSSR count). The number of fused-ring (bicyclic) bond motifs is 2. The minimum atomic E-state index is -0.152. The summed E-state index contributed by atoms with van der Waals surface area (Å²) in [6, 6.07) is 21.1. The highest BCUT2D eigenvalue weighted by Crippen LogP contribution is 2.28. The van der Waals surface area contributed by atoms with Crippen LogP contribution in [0.15, 0.2) is 76.7 Å². The van der Waals surface area contributed by atoms with Crippen LogP contribution < -0.4 is 10.5 Å². The molecule has 0 radical (unpaired) electrons. The molecule has 0 atom stereocenters. The molecule has 32 heavy (non-hydrogen) atoms. The number of aromatic nitrogens is 2. The van der Waals surface area contributed by atoms with E-state index in [1.807, 2.05) is 55.5 Å². The van der Waals surface area contributed by atoms with Gasteiger partial charge >= 0.3 is 0 Å². The molecule has 7 heteroatoms. The largest absolute Gasteiger partial charge is 0.396 e. The molecule has 3 aromatic carbocycles. The van der Waals surface area contributed by atoms with E-state index in [-0.39, 0.29) is 23.8 Å². The maximum Gasteiger partial charge on any atom is 0.262 e. The molecule has 0 saturated heterocycles. The van der Waals surface area contributed by atoms with Crippen molar-refractivity contribution in [2.45, 2.75) is 25.0 Å². The van der Waals surface area contributed by atoms with Crippen LogP contribution in [0, 0.1) is 0 Å².